The minimum Gasteiger partial charge on any atom is -0.486 e. The number of anilines is 3. The van der Waals surface area contributed by atoms with E-state index >= 15 is 0 Å². The third kappa shape index (κ3) is 4.45. The topological polar surface area (TPSA) is 85.4 Å². The number of ether oxygens (including phenoxy) is 2. The molecule has 2 aromatic carbocycles. The second-order valence-corrected chi connectivity index (χ2v) is 7.02. The van der Waals surface area contributed by atoms with Crippen LogP contribution in [-0.2, 0) is 0 Å². The molecule has 29 heavy (non-hydrogen) atoms. The molecule has 0 saturated carbocycles. The van der Waals surface area contributed by atoms with Crippen LogP contribution in [0.25, 0.3) is 0 Å². The Labute approximate surface area is 169 Å². The molecular formula is C22H22N4O3. The standard InChI is InChI=1S/C22H22N4O3/c1-14(2)15-3-5-16(6-4-15)23-21-10-8-18(25-26-21)22(27)24-17-7-9-19-20(13-17)29-12-11-28-19/h3-10,13-14H,11-12H2,1-2H3,(H,23,26)(H,24,27). The number of nitrogens with zero attached hydrogens (tertiary/aromatic N) is 2. The Hall–Kier alpha value is -3.61. The van der Waals surface area contributed by atoms with Crippen molar-refractivity contribution >= 4 is 23.1 Å². The highest BCUT2D eigenvalue weighted by molar-refractivity contribution is 6.03. The van der Waals surface area contributed by atoms with E-state index in [2.05, 4.69) is 46.8 Å². The third-order valence-corrected chi connectivity index (χ3v) is 4.55. The second-order valence-electron chi connectivity index (χ2n) is 7.02. The van der Waals surface area contributed by atoms with Crippen molar-refractivity contribution in [1.29, 1.82) is 0 Å². The van der Waals surface area contributed by atoms with Crippen LogP contribution in [0.3, 0.4) is 0 Å². The summed E-state index contributed by atoms with van der Waals surface area (Å²) in [6.45, 7) is 5.33. The normalized spacial score (nSPS) is 12.5. The first-order valence-electron chi connectivity index (χ1n) is 9.50. The Kier molecular flexibility index (Phi) is 5.29. The molecule has 7 nitrogen and oxygen atoms in total. The average molecular weight is 390 g/mol. The van der Waals surface area contributed by atoms with E-state index in [1.54, 1.807) is 30.3 Å². The Morgan fingerprint density at radius 1 is 0.897 bits per heavy atom. The van der Waals surface area contributed by atoms with E-state index in [1.807, 2.05) is 12.1 Å². The van der Waals surface area contributed by atoms with Crippen LogP contribution in [-0.4, -0.2) is 29.3 Å². The van der Waals surface area contributed by atoms with Crippen molar-refractivity contribution in [1.82, 2.24) is 10.2 Å². The number of hydrogen-bond donors (Lipinski definition) is 2. The maximum atomic E-state index is 12.4. The van der Waals surface area contributed by atoms with Crippen LogP contribution in [0.4, 0.5) is 17.2 Å². The number of aromatic nitrogens is 2. The first kappa shape index (κ1) is 18.7. The third-order valence-electron chi connectivity index (χ3n) is 4.55. The van der Waals surface area contributed by atoms with E-state index in [9.17, 15) is 4.79 Å². The zero-order chi connectivity index (χ0) is 20.2. The molecular weight excluding hydrogens is 368 g/mol. The van der Waals surface area contributed by atoms with Crippen LogP contribution < -0.4 is 20.1 Å². The minimum absolute atomic E-state index is 0.223. The lowest BCUT2D eigenvalue weighted by atomic mass is 10.0. The lowest BCUT2D eigenvalue weighted by molar-refractivity contribution is 0.102. The van der Waals surface area contributed by atoms with Gasteiger partial charge in [0.15, 0.2) is 23.0 Å². The second kappa shape index (κ2) is 8.18. The maximum Gasteiger partial charge on any atom is 0.276 e. The van der Waals surface area contributed by atoms with Gasteiger partial charge in [0.2, 0.25) is 0 Å². The Morgan fingerprint density at radius 2 is 1.62 bits per heavy atom. The van der Waals surface area contributed by atoms with Gasteiger partial charge >= 0.3 is 0 Å². The zero-order valence-electron chi connectivity index (χ0n) is 16.3. The number of carbonyl (C=O) groups is 1. The fourth-order valence-electron chi connectivity index (χ4n) is 2.94. The van der Waals surface area contributed by atoms with Gasteiger partial charge in [-0.05, 0) is 47.9 Å². The predicted octanol–water partition coefficient (Wildman–Crippen LogP) is 4.37. The smallest absolute Gasteiger partial charge is 0.276 e. The molecule has 7 heteroatoms. The Bertz CT molecular complexity index is 1000. The zero-order valence-corrected chi connectivity index (χ0v) is 16.3. The number of amides is 1. The van der Waals surface area contributed by atoms with Crippen LogP contribution in [0.5, 0.6) is 11.5 Å². The summed E-state index contributed by atoms with van der Waals surface area (Å²) in [6, 6.07) is 16.8. The molecule has 0 bridgehead atoms. The Morgan fingerprint density at radius 3 is 2.31 bits per heavy atom. The molecule has 0 saturated heterocycles. The van der Waals surface area contributed by atoms with Gasteiger partial charge in [-0.3, -0.25) is 4.79 Å². The van der Waals surface area contributed by atoms with Crippen molar-refractivity contribution in [2.75, 3.05) is 23.8 Å². The summed E-state index contributed by atoms with van der Waals surface area (Å²) < 4.78 is 11.0. The van der Waals surface area contributed by atoms with Crippen LogP contribution in [0.2, 0.25) is 0 Å². The highest BCUT2D eigenvalue weighted by atomic mass is 16.6. The SMILES string of the molecule is CC(C)c1ccc(Nc2ccc(C(=O)Nc3ccc4c(c3)OCCO4)nn2)cc1. The summed E-state index contributed by atoms with van der Waals surface area (Å²) >= 11 is 0. The van der Waals surface area contributed by atoms with E-state index < -0.39 is 0 Å². The van der Waals surface area contributed by atoms with Gasteiger partial charge in [0, 0.05) is 17.4 Å². The molecule has 2 heterocycles. The molecule has 0 fully saturated rings. The molecule has 1 aromatic heterocycles. The minimum atomic E-state index is -0.345. The number of carbonyl (C=O) groups excluding carboxylic acids is 1. The highest BCUT2D eigenvalue weighted by Crippen LogP contribution is 2.32. The summed E-state index contributed by atoms with van der Waals surface area (Å²) in [7, 11) is 0. The number of nitrogens with one attached hydrogen (secondary N) is 2. The van der Waals surface area contributed by atoms with Gasteiger partial charge in [-0.25, -0.2) is 0 Å². The summed E-state index contributed by atoms with van der Waals surface area (Å²) in [5.74, 6) is 1.99. The molecule has 1 aliphatic heterocycles. The van der Waals surface area contributed by atoms with Gasteiger partial charge in [-0.15, -0.1) is 10.2 Å². The molecule has 0 radical (unpaired) electrons. The molecule has 1 amide bonds. The van der Waals surface area contributed by atoms with Crippen molar-refractivity contribution in [3.63, 3.8) is 0 Å². The lowest BCUT2D eigenvalue weighted by Crippen LogP contribution is -2.17. The molecule has 4 rings (SSSR count). The van der Waals surface area contributed by atoms with E-state index in [1.165, 1.54) is 5.56 Å². The summed E-state index contributed by atoms with van der Waals surface area (Å²) in [4.78, 5) is 12.4. The average Bonchev–Trinajstić information content (AvgIpc) is 2.74. The largest absolute Gasteiger partial charge is 0.486 e. The van der Waals surface area contributed by atoms with Gasteiger partial charge in [-0.2, -0.15) is 0 Å². The molecule has 3 aromatic rings. The molecule has 148 valence electrons. The van der Waals surface area contributed by atoms with Crippen LogP contribution in [0.1, 0.15) is 35.8 Å². The van der Waals surface area contributed by atoms with Crippen LogP contribution >= 0.6 is 0 Å². The van der Waals surface area contributed by atoms with Crippen molar-refractivity contribution in [3.05, 3.63) is 65.9 Å². The number of hydrogen-bond acceptors (Lipinski definition) is 6. The van der Waals surface area contributed by atoms with Crippen molar-refractivity contribution in [2.24, 2.45) is 0 Å². The summed E-state index contributed by atoms with van der Waals surface area (Å²) in [5.41, 5.74) is 3.01. The fourth-order valence-corrected chi connectivity index (χ4v) is 2.94. The van der Waals surface area contributed by atoms with Gasteiger partial charge < -0.3 is 20.1 Å². The number of fused-ring (bicyclic) bond motifs is 1. The summed E-state index contributed by atoms with van der Waals surface area (Å²) in [6.07, 6.45) is 0. The lowest BCUT2D eigenvalue weighted by Gasteiger charge is -2.18. The van der Waals surface area contributed by atoms with Gasteiger partial charge in [-0.1, -0.05) is 26.0 Å². The maximum absolute atomic E-state index is 12.4. The fraction of sp³-hybridized carbons (Fsp3) is 0.227. The van der Waals surface area contributed by atoms with Crippen LogP contribution in [0.15, 0.2) is 54.6 Å². The van der Waals surface area contributed by atoms with Gasteiger partial charge in [0.1, 0.15) is 13.2 Å². The number of rotatable bonds is 5. The van der Waals surface area contributed by atoms with Crippen molar-refractivity contribution in [3.8, 4) is 11.5 Å². The molecule has 0 spiro atoms. The summed E-state index contributed by atoms with van der Waals surface area (Å²) in [5, 5.41) is 14.1. The van der Waals surface area contributed by atoms with E-state index in [0.29, 0.717) is 42.1 Å². The molecule has 0 atom stereocenters. The predicted molar refractivity (Wildman–Crippen MR) is 111 cm³/mol. The Balaban J connectivity index is 1.40. The van der Waals surface area contributed by atoms with Crippen molar-refractivity contribution < 1.29 is 14.3 Å². The molecule has 0 unspecified atom stereocenters. The molecule has 0 aliphatic carbocycles. The van der Waals surface area contributed by atoms with E-state index in [-0.39, 0.29) is 11.6 Å². The molecule has 2 N–H and O–H groups in total. The number of benzene rings is 2. The van der Waals surface area contributed by atoms with E-state index in [4.69, 9.17) is 9.47 Å². The first-order chi connectivity index (χ1) is 14.1. The van der Waals surface area contributed by atoms with Crippen molar-refractivity contribution in [2.45, 2.75) is 19.8 Å². The van der Waals surface area contributed by atoms with E-state index in [0.717, 1.165) is 5.69 Å². The quantitative estimate of drug-likeness (QED) is 0.673. The first-order valence-corrected chi connectivity index (χ1v) is 9.50. The van der Waals surface area contributed by atoms with Crippen LogP contribution in [0, 0.1) is 0 Å². The van der Waals surface area contributed by atoms with Gasteiger partial charge in [0.25, 0.3) is 5.91 Å². The van der Waals surface area contributed by atoms with Gasteiger partial charge in [0.05, 0.1) is 0 Å². The highest BCUT2D eigenvalue weighted by Gasteiger charge is 2.14. The monoisotopic (exact) mass is 390 g/mol. The molecule has 1 aliphatic rings.